The molecule has 192 valence electrons. The van der Waals surface area contributed by atoms with Gasteiger partial charge in [0.1, 0.15) is 5.54 Å². The summed E-state index contributed by atoms with van der Waals surface area (Å²) in [5.41, 5.74) is 1.99. The molecular weight excluding hydrogens is 553 g/mol. The van der Waals surface area contributed by atoms with Crippen LogP contribution in [0.25, 0.3) is 0 Å². The van der Waals surface area contributed by atoms with Crippen molar-refractivity contribution < 1.29 is 32.2 Å². The summed E-state index contributed by atoms with van der Waals surface area (Å²) in [7, 11) is 0. The van der Waals surface area contributed by atoms with Crippen LogP contribution in [0, 0.1) is 5.92 Å². The van der Waals surface area contributed by atoms with E-state index in [1.165, 1.54) is 37.3 Å². The van der Waals surface area contributed by atoms with E-state index in [4.69, 9.17) is 4.74 Å². The molecule has 0 bridgehead atoms. The van der Waals surface area contributed by atoms with Crippen LogP contribution in [0.1, 0.15) is 33.6 Å². The highest BCUT2D eigenvalue weighted by atomic mass is 79.9. The molecule has 1 unspecified atom stereocenters. The van der Waals surface area contributed by atoms with Crippen molar-refractivity contribution in [1.82, 2.24) is 10.7 Å². The van der Waals surface area contributed by atoms with Crippen LogP contribution in [0.5, 0.6) is 10.8 Å². The number of hydrogen-bond acceptors (Lipinski definition) is 7. The number of thiophene rings is 1. The summed E-state index contributed by atoms with van der Waals surface area (Å²) < 4.78 is 49.6. The minimum absolute atomic E-state index is 0.0756. The number of alkyl halides is 3. The number of nitrogens with zero attached hydrogens (tertiary/aromatic N) is 1. The second-order valence-electron chi connectivity index (χ2n) is 8.64. The van der Waals surface area contributed by atoms with Gasteiger partial charge in [-0.25, -0.2) is 10.2 Å². The SMILES string of the molecule is CC1CCCN(c2ccc(NC(=O)C(C)(C)NC(=O)Oc3ccc(Br)s3)cc2OC(F)(F)F)NC1. The number of nitrogens with one attached hydrogen (secondary N) is 3. The van der Waals surface area contributed by atoms with Gasteiger partial charge in [0.15, 0.2) is 10.8 Å². The van der Waals surface area contributed by atoms with E-state index in [2.05, 4.69) is 43.6 Å². The zero-order chi connectivity index (χ0) is 25.8. The first-order valence-corrected chi connectivity index (χ1v) is 12.4. The summed E-state index contributed by atoms with van der Waals surface area (Å²) in [4.78, 5) is 25.0. The second-order valence-corrected chi connectivity index (χ2v) is 11.1. The van der Waals surface area contributed by atoms with Gasteiger partial charge in [0, 0.05) is 24.8 Å². The lowest BCUT2D eigenvalue weighted by Crippen LogP contribution is -2.53. The van der Waals surface area contributed by atoms with Crippen molar-refractivity contribution >= 4 is 50.6 Å². The van der Waals surface area contributed by atoms with Gasteiger partial charge < -0.3 is 25.1 Å². The van der Waals surface area contributed by atoms with Crippen LogP contribution in [-0.4, -0.2) is 37.0 Å². The second kappa shape index (κ2) is 11.0. The van der Waals surface area contributed by atoms with Crippen molar-refractivity contribution in [1.29, 1.82) is 0 Å². The van der Waals surface area contributed by atoms with Gasteiger partial charge in [-0.15, -0.1) is 13.2 Å². The van der Waals surface area contributed by atoms with Crippen LogP contribution in [0.4, 0.5) is 29.3 Å². The number of carbonyl (C=O) groups excluding carboxylic acids is 2. The first-order chi connectivity index (χ1) is 16.3. The maximum absolute atomic E-state index is 13.1. The number of rotatable bonds is 6. The van der Waals surface area contributed by atoms with Crippen LogP contribution in [0.3, 0.4) is 0 Å². The van der Waals surface area contributed by atoms with Crippen molar-refractivity contribution in [3.63, 3.8) is 0 Å². The fourth-order valence-corrected chi connectivity index (χ4v) is 4.53. The molecule has 13 heteroatoms. The molecule has 3 N–H and O–H groups in total. The third kappa shape index (κ3) is 8.00. The summed E-state index contributed by atoms with van der Waals surface area (Å²) in [6, 6.07) is 7.32. The number of hydrazine groups is 1. The average molecular weight is 579 g/mol. The maximum atomic E-state index is 13.1. The lowest BCUT2D eigenvalue weighted by molar-refractivity contribution is -0.274. The first kappa shape index (κ1) is 27.1. The van der Waals surface area contributed by atoms with Gasteiger partial charge in [0.05, 0.1) is 9.47 Å². The van der Waals surface area contributed by atoms with Crippen molar-refractivity contribution in [3.05, 3.63) is 34.1 Å². The van der Waals surface area contributed by atoms with E-state index >= 15 is 0 Å². The molecule has 0 saturated carbocycles. The Kier molecular flexibility index (Phi) is 8.54. The highest BCUT2D eigenvalue weighted by molar-refractivity contribution is 9.11. The Bertz CT molecular complexity index is 1060. The van der Waals surface area contributed by atoms with Gasteiger partial charge in [-0.2, -0.15) is 0 Å². The fourth-order valence-electron chi connectivity index (χ4n) is 3.34. The molecule has 3 rings (SSSR count). The van der Waals surface area contributed by atoms with Crippen molar-refractivity contribution in [2.45, 2.75) is 45.5 Å². The minimum atomic E-state index is -4.92. The Morgan fingerprint density at radius 2 is 1.97 bits per heavy atom. The lowest BCUT2D eigenvalue weighted by atomic mass is 10.0. The van der Waals surface area contributed by atoms with E-state index in [0.29, 0.717) is 24.1 Å². The van der Waals surface area contributed by atoms with E-state index in [1.807, 2.05) is 0 Å². The number of amides is 2. The molecule has 1 aliphatic rings. The quantitative estimate of drug-likeness (QED) is 0.410. The number of ether oxygens (including phenoxy) is 2. The Morgan fingerprint density at radius 1 is 1.23 bits per heavy atom. The predicted molar refractivity (Wildman–Crippen MR) is 131 cm³/mol. The molecule has 2 amide bonds. The Labute approximate surface area is 213 Å². The van der Waals surface area contributed by atoms with Crippen molar-refractivity contribution in [3.8, 4) is 10.8 Å². The minimum Gasteiger partial charge on any atom is -0.403 e. The molecule has 1 saturated heterocycles. The average Bonchev–Trinajstić information content (AvgIpc) is 3.00. The lowest BCUT2D eigenvalue weighted by Gasteiger charge is -2.27. The molecule has 2 heterocycles. The summed E-state index contributed by atoms with van der Waals surface area (Å²) in [6.45, 7) is 6.06. The van der Waals surface area contributed by atoms with Crippen LogP contribution in [-0.2, 0) is 4.79 Å². The normalized spacial score (nSPS) is 16.9. The molecular formula is C22H26BrF3N4O4S. The summed E-state index contributed by atoms with van der Waals surface area (Å²) >= 11 is 4.45. The molecule has 0 aliphatic carbocycles. The number of hydrogen-bond donors (Lipinski definition) is 3. The van der Waals surface area contributed by atoms with Gasteiger partial charge in [-0.1, -0.05) is 18.3 Å². The molecule has 0 radical (unpaired) electrons. The maximum Gasteiger partial charge on any atom is 0.573 e. The van der Waals surface area contributed by atoms with Crippen molar-refractivity contribution in [2.75, 3.05) is 23.4 Å². The third-order valence-corrected chi connectivity index (χ3v) is 6.67. The number of carbonyl (C=O) groups is 2. The Morgan fingerprint density at radius 3 is 2.63 bits per heavy atom. The van der Waals surface area contributed by atoms with Crippen LogP contribution >= 0.6 is 27.3 Å². The number of anilines is 2. The molecule has 0 spiro atoms. The van der Waals surface area contributed by atoms with E-state index < -0.39 is 29.7 Å². The standard InChI is InChI=1S/C22H26BrF3N4O4S/c1-13-5-4-10-30(27-12-13)15-7-6-14(11-16(15)34-22(24,25)26)28-19(31)21(2,3)29-20(32)33-18-9-8-17(23)35-18/h6-9,11,13,27H,4-5,10,12H2,1-3H3,(H,28,31)(H,29,32). The topological polar surface area (TPSA) is 91.9 Å². The predicted octanol–water partition coefficient (Wildman–Crippen LogP) is 5.66. The van der Waals surface area contributed by atoms with Gasteiger partial charge in [0.25, 0.3) is 0 Å². The molecule has 2 aromatic rings. The molecule has 1 fully saturated rings. The zero-order valence-electron chi connectivity index (χ0n) is 19.3. The van der Waals surface area contributed by atoms with E-state index in [-0.39, 0.29) is 11.4 Å². The summed E-state index contributed by atoms with van der Waals surface area (Å²) in [6.07, 6.45) is -4.02. The Balaban J connectivity index is 1.73. The molecule has 1 aliphatic heterocycles. The highest BCUT2D eigenvalue weighted by Crippen LogP contribution is 2.36. The van der Waals surface area contributed by atoms with Gasteiger partial charge in [0.2, 0.25) is 5.91 Å². The molecule has 1 atom stereocenters. The monoisotopic (exact) mass is 578 g/mol. The number of halogens is 4. The smallest absolute Gasteiger partial charge is 0.403 e. The van der Waals surface area contributed by atoms with Crippen LogP contribution < -0.4 is 30.5 Å². The van der Waals surface area contributed by atoms with Crippen LogP contribution in [0.15, 0.2) is 34.1 Å². The van der Waals surface area contributed by atoms with E-state index in [0.717, 1.165) is 22.7 Å². The van der Waals surface area contributed by atoms with Gasteiger partial charge >= 0.3 is 12.5 Å². The van der Waals surface area contributed by atoms with Gasteiger partial charge in [-0.3, -0.25) is 4.79 Å². The first-order valence-electron chi connectivity index (χ1n) is 10.8. The molecule has 1 aromatic carbocycles. The van der Waals surface area contributed by atoms with Gasteiger partial charge in [-0.05, 0) is 72.8 Å². The van der Waals surface area contributed by atoms with Crippen LogP contribution in [0.2, 0.25) is 0 Å². The van der Waals surface area contributed by atoms with E-state index in [9.17, 15) is 22.8 Å². The molecule has 1 aromatic heterocycles. The highest BCUT2D eigenvalue weighted by Gasteiger charge is 2.34. The fraction of sp³-hybridized carbons (Fsp3) is 0.455. The largest absolute Gasteiger partial charge is 0.573 e. The summed E-state index contributed by atoms with van der Waals surface area (Å²) in [5, 5.41) is 6.93. The third-order valence-electron chi connectivity index (χ3n) is 5.17. The zero-order valence-corrected chi connectivity index (χ0v) is 21.7. The molecule has 35 heavy (non-hydrogen) atoms. The summed E-state index contributed by atoms with van der Waals surface area (Å²) in [5.74, 6) is -0.728. The number of benzene rings is 1. The van der Waals surface area contributed by atoms with E-state index in [1.54, 1.807) is 17.1 Å². The van der Waals surface area contributed by atoms with Crippen molar-refractivity contribution in [2.24, 2.45) is 5.92 Å². The Hall–Kier alpha value is -2.51. The molecule has 8 nitrogen and oxygen atoms in total.